The number of carbonyl (C=O) groups is 1. The molecule has 2 heterocycles. The molecule has 0 radical (unpaired) electrons. The lowest BCUT2D eigenvalue weighted by Crippen LogP contribution is -2.26. The summed E-state index contributed by atoms with van der Waals surface area (Å²) in [6.07, 6.45) is 3.02. The molecule has 0 saturated carbocycles. The topological polar surface area (TPSA) is 72.5 Å². The molecule has 1 aliphatic rings. The van der Waals surface area contributed by atoms with Crippen LogP contribution in [0.1, 0.15) is 18.4 Å². The van der Waals surface area contributed by atoms with Crippen LogP contribution in [0.25, 0.3) is 0 Å². The molecule has 0 aliphatic carbocycles. The van der Waals surface area contributed by atoms with Crippen molar-refractivity contribution >= 4 is 17.4 Å². The molecule has 2 N–H and O–H groups in total. The molecule has 1 amide bonds. The lowest BCUT2D eigenvalue weighted by Gasteiger charge is -2.11. The van der Waals surface area contributed by atoms with Crippen molar-refractivity contribution in [1.82, 2.24) is 4.98 Å². The van der Waals surface area contributed by atoms with E-state index in [-0.39, 0.29) is 12.0 Å². The van der Waals surface area contributed by atoms with Gasteiger partial charge in [-0.3, -0.25) is 4.79 Å². The molecule has 1 aromatic carbocycles. The van der Waals surface area contributed by atoms with Gasteiger partial charge in [-0.2, -0.15) is 0 Å². The molecule has 1 aromatic heterocycles. The normalized spacial score (nSPS) is 16.6. The highest BCUT2D eigenvalue weighted by molar-refractivity contribution is 5.94. The van der Waals surface area contributed by atoms with Crippen molar-refractivity contribution in [3.8, 4) is 5.75 Å². The fourth-order valence-corrected chi connectivity index (χ4v) is 2.52. The van der Waals surface area contributed by atoms with Gasteiger partial charge >= 0.3 is 0 Å². The van der Waals surface area contributed by atoms with Crippen LogP contribution in [0.3, 0.4) is 0 Å². The largest absolute Gasteiger partial charge is 0.497 e. The molecule has 1 atom stereocenters. The predicted molar refractivity (Wildman–Crippen MR) is 92.2 cm³/mol. The van der Waals surface area contributed by atoms with E-state index >= 15 is 0 Å². The Morgan fingerprint density at radius 1 is 1.29 bits per heavy atom. The summed E-state index contributed by atoms with van der Waals surface area (Å²) in [6.45, 7) is 1.32. The van der Waals surface area contributed by atoms with Crippen molar-refractivity contribution in [3.63, 3.8) is 0 Å². The van der Waals surface area contributed by atoms with Gasteiger partial charge in [0.1, 0.15) is 17.7 Å². The second-order valence-electron chi connectivity index (χ2n) is 5.62. The Labute approximate surface area is 141 Å². The van der Waals surface area contributed by atoms with Crippen molar-refractivity contribution in [2.45, 2.75) is 25.5 Å². The van der Waals surface area contributed by atoms with Crippen molar-refractivity contribution in [3.05, 3.63) is 48.2 Å². The molecule has 1 saturated heterocycles. The number of rotatable bonds is 6. The molecule has 1 unspecified atom stereocenters. The maximum Gasteiger partial charge on any atom is 0.253 e. The first-order valence-electron chi connectivity index (χ1n) is 8.00. The van der Waals surface area contributed by atoms with Crippen molar-refractivity contribution in [2.75, 3.05) is 24.4 Å². The van der Waals surface area contributed by atoms with Crippen molar-refractivity contribution < 1.29 is 14.3 Å². The van der Waals surface area contributed by atoms with E-state index in [2.05, 4.69) is 15.6 Å². The summed E-state index contributed by atoms with van der Waals surface area (Å²) < 4.78 is 10.5. The Kier molecular flexibility index (Phi) is 5.28. The number of hydrogen-bond acceptors (Lipinski definition) is 5. The fraction of sp³-hybridized carbons (Fsp3) is 0.333. The van der Waals surface area contributed by atoms with E-state index in [0.29, 0.717) is 18.8 Å². The van der Waals surface area contributed by atoms with E-state index in [9.17, 15) is 4.79 Å². The van der Waals surface area contributed by atoms with Gasteiger partial charge in [-0.1, -0.05) is 12.1 Å². The van der Waals surface area contributed by atoms with Crippen LogP contribution in [0.5, 0.6) is 5.75 Å². The average molecular weight is 327 g/mol. The van der Waals surface area contributed by atoms with Crippen LogP contribution >= 0.6 is 0 Å². The van der Waals surface area contributed by atoms with Gasteiger partial charge in [0.2, 0.25) is 0 Å². The van der Waals surface area contributed by atoms with Gasteiger partial charge in [0.15, 0.2) is 0 Å². The molecular formula is C18H21N3O3. The molecule has 6 nitrogen and oxygen atoms in total. The van der Waals surface area contributed by atoms with Gasteiger partial charge < -0.3 is 20.1 Å². The zero-order valence-corrected chi connectivity index (χ0v) is 13.6. The quantitative estimate of drug-likeness (QED) is 0.853. The Bertz CT molecular complexity index is 665. The first-order valence-corrected chi connectivity index (χ1v) is 8.00. The van der Waals surface area contributed by atoms with Gasteiger partial charge in [0.25, 0.3) is 5.91 Å². The number of ether oxygens (including phenoxy) is 2. The lowest BCUT2D eigenvalue weighted by molar-refractivity contribution is -0.124. The standard InChI is InChI=1S/C18H21N3O3/c1-23-15-7-4-13(5-8-15)11-19-17-9-6-14(12-20-17)21-18(22)16-3-2-10-24-16/h4-9,12,16H,2-3,10-11H2,1H3,(H,19,20)(H,21,22). The predicted octanol–water partition coefficient (Wildman–Crippen LogP) is 2.82. The highest BCUT2D eigenvalue weighted by Gasteiger charge is 2.23. The first kappa shape index (κ1) is 16.3. The van der Waals surface area contributed by atoms with Crippen LogP contribution in [0.15, 0.2) is 42.6 Å². The number of methoxy groups -OCH3 is 1. The fourth-order valence-electron chi connectivity index (χ4n) is 2.52. The molecule has 24 heavy (non-hydrogen) atoms. The molecule has 0 bridgehead atoms. The number of aromatic nitrogens is 1. The van der Waals surface area contributed by atoms with Crippen molar-refractivity contribution in [2.24, 2.45) is 0 Å². The molecule has 126 valence electrons. The zero-order valence-electron chi connectivity index (χ0n) is 13.6. The molecule has 1 fully saturated rings. The average Bonchev–Trinajstić information content (AvgIpc) is 3.16. The summed E-state index contributed by atoms with van der Waals surface area (Å²) in [5, 5.41) is 6.07. The highest BCUT2D eigenvalue weighted by Crippen LogP contribution is 2.16. The molecule has 3 rings (SSSR count). The monoisotopic (exact) mass is 327 g/mol. The van der Waals surface area contributed by atoms with Crippen LogP contribution in [-0.2, 0) is 16.1 Å². The van der Waals surface area contributed by atoms with Gasteiger partial charge in [0, 0.05) is 13.2 Å². The number of pyridine rings is 1. The third kappa shape index (κ3) is 4.23. The molecule has 0 spiro atoms. The number of hydrogen-bond donors (Lipinski definition) is 2. The highest BCUT2D eigenvalue weighted by atomic mass is 16.5. The van der Waals surface area contributed by atoms with Gasteiger partial charge in [-0.25, -0.2) is 4.98 Å². The van der Waals surface area contributed by atoms with Crippen LogP contribution in [0.2, 0.25) is 0 Å². The lowest BCUT2D eigenvalue weighted by atomic mass is 10.2. The van der Waals surface area contributed by atoms with Crippen LogP contribution in [0.4, 0.5) is 11.5 Å². The minimum Gasteiger partial charge on any atom is -0.497 e. The molecular weight excluding hydrogens is 306 g/mol. The Balaban J connectivity index is 1.51. The molecule has 2 aromatic rings. The second-order valence-corrected chi connectivity index (χ2v) is 5.62. The van der Waals surface area contributed by atoms with E-state index in [1.807, 2.05) is 36.4 Å². The number of amides is 1. The number of carbonyl (C=O) groups excluding carboxylic acids is 1. The van der Waals surface area contributed by atoms with Crippen molar-refractivity contribution in [1.29, 1.82) is 0 Å². The number of nitrogens with zero attached hydrogens (tertiary/aromatic N) is 1. The third-order valence-electron chi connectivity index (χ3n) is 3.89. The van der Waals surface area contributed by atoms with Crippen LogP contribution < -0.4 is 15.4 Å². The van der Waals surface area contributed by atoms with Gasteiger partial charge in [-0.15, -0.1) is 0 Å². The second kappa shape index (κ2) is 7.79. The maximum absolute atomic E-state index is 12.0. The maximum atomic E-state index is 12.0. The summed E-state index contributed by atoms with van der Waals surface area (Å²) in [6, 6.07) is 11.5. The molecule has 1 aliphatic heterocycles. The Morgan fingerprint density at radius 3 is 2.75 bits per heavy atom. The van der Waals surface area contributed by atoms with E-state index in [0.717, 1.165) is 30.0 Å². The zero-order chi connectivity index (χ0) is 16.8. The summed E-state index contributed by atoms with van der Waals surface area (Å²) in [4.78, 5) is 16.3. The summed E-state index contributed by atoms with van der Waals surface area (Å²) in [5.41, 5.74) is 1.80. The summed E-state index contributed by atoms with van der Waals surface area (Å²) >= 11 is 0. The molecule has 6 heteroatoms. The smallest absolute Gasteiger partial charge is 0.253 e. The number of benzene rings is 1. The van der Waals surface area contributed by atoms with Crippen LogP contribution in [0, 0.1) is 0 Å². The van der Waals surface area contributed by atoms with E-state index in [1.54, 1.807) is 13.3 Å². The minimum atomic E-state index is -0.335. The first-order chi connectivity index (χ1) is 11.7. The third-order valence-corrected chi connectivity index (χ3v) is 3.89. The summed E-state index contributed by atoms with van der Waals surface area (Å²) in [7, 11) is 1.65. The summed E-state index contributed by atoms with van der Waals surface area (Å²) in [5.74, 6) is 1.48. The Hall–Kier alpha value is -2.60. The SMILES string of the molecule is COc1ccc(CNc2ccc(NC(=O)C3CCCO3)cn2)cc1. The van der Waals surface area contributed by atoms with Crippen LogP contribution in [-0.4, -0.2) is 30.7 Å². The van der Waals surface area contributed by atoms with Gasteiger partial charge in [-0.05, 0) is 42.7 Å². The van der Waals surface area contributed by atoms with E-state index in [4.69, 9.17) is 9.47 Å². The number of nitrogens with one attached hydrogen (secondary N) is 2. The number of anilines is 2. The Morgan fingerprint density at radius 2 is 2.12 bits per heavy atom. The van der Waals surface area contributed by atoms with E-state index < -0.39 is 0 Å². The minimum absolute atomic E-state index is 0.103. The van der Waals surface area contributed by atoms with Gasteiger partial charge in [0.05, 0.1) is 19.0 Å². The van der Waals surface area contributed by atoms with E-state index in [1.165, 1.54) is 0 Å².